The van der Waals surface area contributed by atoms with E-state index in [4.69, 9.17) is 9.72 Å². The van der Waals surface area contributed by atoms with E-state index in [1.54, 1.807) is 0 Å². The second-order valence-electron chi connectivity index (χ2n) is 6.18. The highest BCUT2D eigenvalue weighted by atomic mass is 32.1. The number of benzene rings is 1. The van der Waals surface area contributed by atoms with Crippen LogP contribution in [0.4, 0.5) is 5.95 Å². The predicted molar refractivity (Wildman–Crippen MR) is 100.0 cm³/mol. The number of carbonyl (C=O) groups is 1. The molecule has 0 atom stereocenters. The van der Waals surface area contributed by atoms with Gasteiger partial charge in [-0.05, 0) is 18.2 Å². The van der Waals surface area contributed by atoms with Crippen LogP contribution in [-0.4, -0.2) is 60.8 Å². The lowest BCUT2D eigenvalue weighted by Gasteiger charge is -2.26. The number of carbonyl (C=O) groups excluding carboxylic acids is 1. The van der Waals surface area contributed by atoms with Gasteiger partial charge in [-0.2, -0.15) is 0 Å². The van der Waals surface area contributed by atoms with Crippen LogP contribution in [0.1, 0.15) is 9.67 Å². The van der Waals surface area contributed by atoms with Gasteiger partial charge in [-0.3, -0.25) is 9.36 Å². The highest BCUT2D eigenvalue weighted by Crippen LogP contribution is 2.33. The van der Waals surface area contributed by atoms with Crippen LogP contribution in [-0.2, 0) is 4.74 Å². The lowest BCUT2D eigenvalue weighted by Crippen LogP contribution is -2.40. The molecular weight excluding hydrogens is 336 g/mol. The smallest absolute Gasteiger partial charge is 0.264 e. The fourth-order valence-electron chi connectivity index (χ4n) is 3.00. The summed E-state index contributed by atoms with van der Waals surface area (Å²) in [5.41, 5.74) is 1.90. The number of para-hydroxylation sites is 1. The summed E-state index contributed by atoms with van der Waals surface area (Å²) in [6, 6.07) is 12.0. The number of nitrogens with zero attached hydrogens (tertiary/aromatic N) is 4. The first-order valence-corrected chi connectivity index (χ1v) is 9.09. The summed E-state index contributed by atoms with van der Waals surface area (Å²) < 4.78 is 7.44. The monoisotopic (exact) mass is 356 g/mol. The van der Waals surface area contributed by atoms with E-state index in [0.29, 0.717) is 26.3 Å². The van der Waals surface area contributed by atoms with E-state index in [2.05, 4.69) is 16.7 Å². The molecule has 0 N–H and O–H groups in total. The Morgan fingerprint density at radius 2 is 1.92 bits per heavy atom. The van der Waals surface area contributed by atoms with E-state index in [9.17, 15) is 4.79 Å². The van der Waals surface area contributed by atoms with Crippen molar-refractivity contribution >= 4 is 33.5 Å². The molecule has 3 aromatic rings. The normalized spacial score (nSPS) is 14.9. The number of aromatic nitrogens is 2. The number of ether oxygens (including phenoxy) is 1. The molecule has 1 fully saturated rings. The van der Waals surface area contributed by atoms with Crippen molar-refractivity contribution in [1.82, 2.24) is 14.5 Å². The van der Waals surface area contributed by atoms with Gasteiger partial charge >= 0.3 is 0 Å². The Morgan fingerprint density at radius 3 is 2.60 bits per heavy atom. The zero-order valence-electron chi connectivity index (χ0n) is 14.3. The minimum atomic E-state index is 0.0670. The second-order valence-corrected chi connectivity index (χ2v) is 7.21. The van der Waals surface area contributed by atoms with Gasteiger partial charge in [-0.15, -0.1) is 11.3 Å². The molecule has 0 unspecified atom stereocenters. The fraction of sp³-hybridized carbons (Fsp3) is 0.333. The van der Waals surface area contributed by atoms with Gasteiger partial charge in [0.25, 0.3) is 5.91 Å². The average molecular weight is 356 g/mol. The molecule has 0 saturated carbocycles. The van der Waals surface area contributed by atoms with Crippen molar-refractivity contribution in [3.8, 4) is 5.69 Å². The van der Waals surface area contributed by atoms with E-state index in [1.807, 2.05) is 48.2 Å². The van der Waals surface area contributed by atoms with Crippen LogP contribution >= 0.6 is 11.3 Å². The summed E-state index contributed by atoms with van der Waals surface area (Å²) >= 11 is 1.50. The maximum Gasteiger partial charge on any atom is 0.264 e. The van der Waals surface area contributed by atoms with Gasteiger partial charge in [0.1, 0.15) is 10.3 Å². The van der Waals surface area contributed by atoms with Crippen molar-refractivity contribution in [2.24, 2.45) is 0 Å². The zero-order chi connectivity index (χ0) is 17.4. The Balaban J connectivity index is 1.78. The minimum absolute atomic E-state index is 0.0670. The number of hydrogen-bond acceptors (Lipinski definition) is 5. The van der Waals surface area contributed by atoms with Crippen molar-refractivity contribution in [2.75, 3.05) is 45.3 Å². The van der Waals surface area contributed by atoms with Crippen LogP contribution in [0, 0.1) is 0 Å². The summed E-state index contributed by atoms with van der Waals surface area (Å²) in [5, 5.41) is 0. The largest absolute Gasteiger partial charge is 0.378 e. The molecule has 1 saturated heterocycles. The quantitative estimate of drug-likeness (QED) is 0.724. The summed E-state index contributed by atoms with van der Waals surface area (Å²) in [7, 11) is 3.95. The van der Waals surface area contributed by atoms with Crippen LogP contribution in [0.3, 0.4) is 0 Å². The first-order valence-electron chi connectivity index (χ1n) is 8.27. The Hall–Kier alpha value is -2.38. The van der Waals surface area contributed by atoms with Gasteiger partial charge in [0, 0.05) is 32.9 Å². The van der Waals surface area contributed by atoms with Crippen molar-refractivity contribution in [3.63, 3.8) is 0 Å². The highest BCUT2D eigenvalue weighted by Gasteiger charge is 2.23. The SMILES string of the molecule is CN(C)c1nc2cc(C(=O)N3CCOCC3)sc2n1-c1ccccc1. The van der Waals surface area contributed by atoms with E-state index < -0.39 is 0 Å². The number of imidazole rings is 1. The van der Waals surface area contributed by atoms with Crippen LogP contribution in [0.15, 0.2) is 36.4 Å². The molecule has 0 bridgehead atoms. The third-order valence-corrected chi connectivity index (χ3v) is 5.34. The Kier molecular flexibility index (Phi) is 4.19. The standard InChI is InChI=1S/C18H20N4O2S/c1-20(2)18-19-14-12-15(16(23)21-8-10-24-11-9-21)25-17(14)22(18)13-6-4-3-5-7-13/h3-7,12H,8-11H2,1-2H3. The third kappa shape index (κ3) is 2.89. The Labute approximate surface area is 150 Å². The maximum absolute atomic E-state index is 12.8. The van der Waals surface area contributed by atoms with E-state index in [-0.39, 0.29) is 5.91 Å². The first kappa shape index (κ1) is 16.1. The lowest BCUT2D eigenvalue weighted by atomic mass is 10.3. The molecule has 7 heteroatoms. The molecule has 0 aliphatic carbocycles. The van der Waals surface area contributed by atoms with Crippen molar-refractivity contribution < 1.29 is 9.53 Å². The topological polar surface area (TPSA) is 50.6 Å². The van der Waals surface area contributed by atoms with Crippen molar-refractivity contribution in [2.45, 2.75) is 0 Å². The number of hydrogen-bond donors (Lipinski definition) is 0. The summed E-state index contributed by atoms with van der Waals surface area (Å²) in [5.74, 6) is 0.926. The molecule has 1 aromatic carbocycles. The molecular formula is C18H20N4O2S. The molecule has 1 aliphatic heterocycles. The summed E-state index contributed by atoms with van der Waals surface area (Å²) in [4.78, 5) is 23.1. The van der Waals surface area contributed by atoms with E-state index in [1.165, 1.54) is 11.3 Å². The molecule has 0 radical (unpaired) electrons. The van der Waals surface area contributed by atoms with Crippen LogP contribution in [0.2, 0.25) is 0 Å². The van der Waals surface area contributed by atoms with Gasteiger partial charge < -0.3 is 14.5 Å². The number of thiophene rings is 1. The Morgan fingerprint density at radius 1 is 1.20 bits per heavy atom. The van der Waals surface area contributed by atoms with Crippen molar-refractivity contribution in [3.05, 3.63) is 41.3 Å². The Bertz CT molecular complexity index is 895. The minimum Gasteiger partial charge on any atom is -0.378 e. The number of morpholine rings is 1. The summed E-state index contributed by atoms with van der Waals surface area (Å²) in [6.07, 6.45) is 0. The van der Waals surface area contributed by atoms with Crippen LogP contribution < -0.4 is 4.90 Å². The highest BCUT2D eigenvalue weighted by molar-refractivity contribution is 7.20. The molecule has 6 nitrogen and oxygen atoms in total. The zero-order valence-corrected chi connectivity index (χ0v) is 15.1. The van der Waals surface area contributed by atoms with Gasteiger partial charge in [0.15, 0.2) is 0 Å². The van der Waals surface area contributed by atoms with Gasteiger partial charge in [0.05, 0.1) is 18.1 Å². The summed E-state index contributed by atoms with van der Waals surface area (Å²) in [6.45, 7) is 2.51. The molecule has 1 amide bonds. The molecule has 25 heavy (non-hydrogen) atoms. The first-order chi connectivity index (χ1) is 12.1. The molecule has 2 aromatic heterocycles. The van der Waals surface area contributed by atoms with Crippen molar-refractivity contribution in [1.29, 1.82) is 0 Å². The molecule has 4 rings (SSSR count). The lowest BCUT2D eigenvalue weighted by molar-refractivity contribution is 0.0306. The fourth-order valence-corrected chi connectivity index (χ4v) is 4.08. The second kappa shape index (κ2) is 6.50. The number of rotatable bonds is 3. The predicted octanol–water partition coefficient (Wildman–Crippen LogP) is 2.63. The number of amides is 1. The number of fused-ring (bicyclic) bond motifs is 1. The average Bonchev–Trinajstić information content (AvgIpc) is 3.20. The third-order valence-electron chi connectivity index (χ3n) is 4.24. The molecule has 3 heterocycles. The van der Waals surface area contributed by atoms with Crippen LogP contribution in [0.5, 0.6) is 0 Å². The van der Waals surface area contributed by atoms with E-state index in [0.717, 1.165) is 26.9 Å². The van der Waals surface area contributed by atoms with Gasteiger partial charge in [-0.25, -0.2) is 4.98 Å². The molecule has 130 valence electrons. The van der Waals surface area contributed by atoms with E-state index >= 15 is 0 Å². The molecule has 1 aliphatic rings. The van der Waals surface area contributed by atoms with Gasteiger partial charge in [0.2, 0.25) is 5.95 Å². The molecule has 0 spiro atoms. The number of anilines is 1. The van der Waals surface area contributed by atoms with Gasteiger partial charge in [-0.1, -0.05) is 18.2 Å². The maximum atomic E-state index is 12.8. The van der Waals surface area contributed by atoms with Crippen LogP contribution in [0.25, 0.3) is 16.0 Å².